The molecule has 1 aliphatic heterocycles. The summed E-state index contributed by atoms with van der Waals surface area (Å²) in [6, 6.07) is 17.8. The van der Waals surface area contributed by atoms with Crippen molar-refractivity contribution in [2.45, 2.75) is 6.92 Å². The Kier molecular flexibility index (Phi) is 6.85. The Labute approximate surface area is 192 Å². The summed E-state index contributed by atoms with van der Waals surface area (Å²) in [4.78, 5) is 41.6. The van der Waals surface area contributed by atoms with Gasteiger partial charge >= 0.3 is 0 Å². The van der Waals surface area contributed by atoms with Gasteiger partial charge in [0.25, 0.3) is 11.8 Å². The van der Waals surface area contributed by atoms with E-state index < -0.39 is 0 Å². The van der Waals surface area contributed by atoms with Crippen molar-refractivity contribution in [1.29, 1.82) is 0 Å². The maximum atomic E-state index is 12.8. The molecular weight excluding hydrogens is 420 g/mol. The van der Waals surface area contributed by atoms with E-state index in [9.17, 15) is 14.4 Å². The molecule has 1 aliphatic rings. The number of aryl methyl sites for hydroxylation is 1. The molecule has 0 unspecified atom stereocenters. The fourth-order valence-electron chi connectivity index (χ4n) is 3.77. The van der Waals surface area contributed by atoms with E-state index in [1.165, 1.54) is 6.26 Å². The van der Waals surface area contributed by atoms with Crippen molar-refractivity contribution >= 4 is 29.1 Å². The number of hydrogen-bond donors (Lipinski definition) is 2. The second-order valence-electron chi connectivity index (χ2n) is 7.96. The van der Waals surface area contributed by atoms with Crippen LogP contribution in [0.3, 0.4) is 0 Å². The molecule has 0 atom stereocenters. The molecule has 4 rings (SSSR count). The highest BCUT2D eigenvalue weighted by Crippen LogP contribution is 2.18. The van der Waals surface area contributed by atoms with Gasteiger partial charge in [-0.2, -0.15) is 0 Å². The molecule has 0 saturated carbocycles. The third-order valence-corrected chi connectivity index (χ3v) is 5.48. The Morgan fingerprint density at radius 1 is 0.909 bits per heavy atom. The first-order valence-corrected chi connectivity index (χ1v) is 10.8. The number of nitrogens with one attached hydrogen (secondary N) is 2. The average Bonchev–Trinajstić information content (AvgIpc) is 3.34. The number of nitrogens with zero attached hydrogens (tertiary/aromatic N) is 2. The van der Waals surface area contributed by atoms with E-state index in [4.69, 9.17) is 4.42 Å². The minimum absolute atomic E-state index is 0.141. The molecule has 170 valence electrons. The summed E-state index contributed by atoms with van der Waals surface area (Å²) in [5.41, 5.74) is 2.59. The predicted octanol–water partition coefficient (Wildman–Crippen LogP) is 3.24. The minimum atomic E-state index is -0.290. The molecule has 0 radical (unpaired) electrons. The maximum Gasteiger partial charge on any atom is 0.289 e. The van der Waals surface area contributed by atoms with Crippen molar-refractivity contribution in [2.75, 3.05) is 43.4 Å². The number of para-hydroxylation sites is 1. The van der Waals surface area contributed by atoms with Crippen molar-refractivity contribution in [1.82, 2.24) is 9.80 Å². The van der Waals surface area contributed by atoms with E-state index in [0.717, 1.165) is 5.56 Å². The van der Waals surface area contributed by atoms with Crippen LogP contribution in [0, 0.1) is 6.92 Å². The standard InChI is InChI=1S/C25H26N4O4/c1-18-6-4-7-19(16-18)26-24(31)20-8-2-3-9-21(20)27-23(30)17-28-11-13-29(14-12-28)25(32)22-10-5-15-33-22/h2-10,15-16H,11-14,17H2,1H3,(H,26,31)(H,27,30). The molecule has 0 spiro atoms. The Hall–Kier alpha value is -3.91. The first-order chi connectivity index (χ1) is 16.0. The van der Waals surface area contributed by atoms with E-state index in [2.05, 4.69) is 10.6 Å². The third kappa shape index (κ3) is 5.67. The van der Waals surface area contributed by atoms with Crippen LogP contribution in [-0.2, 0) is 4.79 Å². The molecule has 2 aromatic carbocycles. The lowest BCUT2D eigenvalue weighted by Crippen LogP contribution is -2.50. The zero-order valence-corrected chi connectivity index (χ0v) is 18.4. The molecule has 1 fully saturated rings. The summed E-state index contributed by atoms with van der Waals surface area (Å²) in [5, 5.41) is 5.73. The van der Waals surface area contributed by atoms with Crippen molar-refractivity contribution in [2.24, 2.45) is 0 Å². The molecule has 8 nitrogen and oxygen atoms in total. The zero-order valence-electron chi connectivity index (χ0n) is 18.4. The molecule has 8 heteroatoms. The van der Waals surface area contributed by atoms with Gasteiger partial charge in [0.05, 0.1) is 24.1 Å². The van der Waals surface area contributed by atoms with E-state index in [-0.39, 0.29) is 24.3 Å². The molecule has 1 saturated heterocycles. The molecule has 2 heterocycles. The van der Waals surface area contributed by atoms with Crippen LogP contribution in [0.1, 0.15) is 26.5 Å². The van der Waals surface area contributed by atoms with Crippen LogP contribution < -0.4 is 10.6 Å². The van der Waals surface area contributed by atoms with Crippen LogP contribution in [0.25, 0.3) is 0 Å². The fourth-order valence-corrected chi connectivity index (χ4v) is 3.77. The highest BCUT2D eigenvalue weighted by atomic mass is 16.3. The summed E-state index contributed by atoms with van der Waals surface area (Å²) >= 11 is 0. The predicted molar refractivity (Wildman–Crippen MR) is 125 cm³/mol. The second-order valence-corrected chi connectivity index (χ2v) is 7.96. The van der Waals surface area contributed by atoms with Gasteiger partial charge in [-0.1, -0.05) is 24.3 Å². The van der Waals surface area contributed by atoms with Crippen LogP contribution >= 0.6 is 0 Å². The molecule has 3 aromatic rings. The number of carbonyl (C=O) groups is 3. The number of rotatable bonds is 6. The number of carbonyl (C=O) groups excluding carboxylic acids is 3. The van der Waals surface area contributed by atoms with Crippen LogP contribution in [0.5, 0.6) is 0 Å². The first-order valence-electron chi connectivity index (χ1n) is 10.8. The lowest BCUT2D eigenvalue weighted by atomic mass is 10.1. The smallest absolute Gasteiger partial charge is 0.289 e. The van der Waals surface area contributed by atoms with E-state index >= 15 is 0 Å². The molecule has 0 bridgehead atoms. The summed E-state index contributed by atoms with van der Waals surface area (Å²) in [5.74, 6) is -0.322. The molecule has 0 aliphatic carbocycles. The number of furan rings is 1. The van der Waals surface area contributed by atoms with Gasteiger partial charge in [-0.3, -0.25) is 19.3 Å². The molecule has 2 N–H and O–H groups in total. The number of piperazine rings is 1. The lowest BCUT2D eigenvalue weighted by Gasteiger charge is -2.33. The lowest BCUT2D eigenvalue weighted by molar-refractivity contribution is -0.117. The van der Waals surface area contributed by atoms with Crippen molar-refractivity contribution < 1.29 is 18.8 Å². The van der Waals surface area contributed by atoms with Gasteiger partial charge in [0.2, 0.25) is 5.91 Å². The van der Waals surface area contributed by atoms with E-state index in [1.54, 1.807) is 41.3 Å². The quantitative estimate of drug-likeness (QED) is 0.606. The van der Waals surface area contributed by atoms with Gasteiger partial charge in [-0.05, 0) is 48.9 Å². The number of hydrogen-bond acceptors (Lipinski definition) is 5. The summed E-state index contributed by atoms with van der Waals surface area (Å²) < 4.78 is 5.18. The van der Waals surface area contributed by atoms with Gasteiger partial charge in [0.1, 0.15) is 0 Å². The van der Waals surface area contributed by atoms with Gasteiger partial charge in [-0.25, -0.2) is 0 Å². The highest BCUT2D eigenvalue weighted by molar-refractivity contribution is 6.10. The number of benzene rings is 2. The normalized spacial score (nSPS) is 14.0. The Balaban J connectivity index is 1.32. The van der Waals surface area contributed by atoms with Crippen LogP contribution in [0.2, 0.25) is 0 Å². The summed E-state index contributed by atoms with van der Waals surface area (Å²) in [7, 11) is 0. The number of amides is 3. The summed E-state index contributed by atoms with van der Waals surface area (Å²) in [6.45, 7) is 4.32. The zero-order chi connectivity index (χ0) is 23.2. The van der Waals surface area contributed by atoms with Crippen LogP contribution in [0.15, 0.2) is 71.3 Å². The molecule has 33 heavy (non-hydrogen) atoms. The van der Waals surface area contributed by atoms with Crippen molar-refractivity contribution in [3.8, 4) is 0 Å². The highest BCUT2D eigenvalue weighted by Gasteiger charge is 2.25. The van der Waals surface area contributed by atoms with Crippen molar-refractivity contribution in [3.63, 3.8) is 0 Å². The number of anilines is 2. The molecule has 1 aromatic heterocycles. The monoisotopic (exact) mass is 446 g/mol. The van der Waals surface area contributed by atoms with Gasteiger partial charge < -0.3 is 20.0 Å². The SMILES string of the molecule is Cc1cccc(NC(=O)c2ccccc2NC(=O)CN2CCN(C(=O)c3ccco3)CC2)c1. The van der Waals surface area contributed by atoms with Gasteiger partial charge in [-0.15, -0.1) is 0 Å². The second kappa shape index (κ2) is 10.1. The van der Waals surface area contributed by atoms with E-state index in [0.29, 0.717) is 48.9 Å². The topological polar surface area (TPSA) is 94.9 Å². The maximum absolute atomic E-state index is 12.8. The van der Waals surface area contributed by atoms with Crippen LogP contribution in [-0.4, -0.2) is 60.2 Å². The Morgan fingerprint density at radius 2 is 1.70 bits per heavy atom. The van der Waals surface area contributed by atoms with Gasteiger partial charge in [0.15, 0.2) is 5.76 Å². The van der Waals surface area contributed by atoms with Crippen LogP contribution in [0.4, 0.5) is 11.4 Å². The largest absolute Gasteiger partial charge is 0.459 e. The molecular formula is C25H26N4O4. The first kappa shape index (κ1) is 22.3. The summed E-state index contributed by atoms with van der Waals surface area (Å²) in [6.07, 6.45) is 1.48. The average molecular weight is 447 g/mol. The van der Waals surface area contributed by atoms with Crippen molar-refractivity contribution in [3.05, 3.63) is 83.8 Å². The van der Waals surface area contributed by atoms with Gasteiger partial charge in [0, 0.05) is 31.9 Å². The Morgan fingerprint density at radius 3 is 2.42 bits per heavy atom. The third-order valence-electron chi connectivity index (χ3n) is 5.48. The fraction of sp³-hybridized carbons (Fsp3) is 0.240. The molecule has 3 amide bonds. The van der Waals surface area contributed by atoms with E-state index in [1.807, 2.05) is 36.1 Å². The Bertz CT molecular complexity index is 1130. The minimum Gasteiger partial charge on any atom is -0.459 e.